The molecule has 2 heterocycles. The van der Waals surface area contributed by atoms with Crippen LogP contribution < -0.4 is 10.6 Å². The van der Waals surface area contributed by atoms with E-state index in [4.69, 9.17) is 0 Å². The lowest BCUT2D eigenvalue weighted by atomic mass is 10.1. The molecule has 1 aromatic carbocycles. The smallest absolute Gasteiger partial charge is 0.391 e. The van der Waals surface area contributed by atoms with Gasteiger partial charge in [-0.05, 0) is 37.0 Å². The van der Waals surface area contributed by atoms with Gasteiger partial charge < -0.3 is 15.7 Å². The second kappa shape index (κ2) is 8.89. The minimum absolute atomic E-state index is 0.0804. The third kappa shape index (κ3) is 5.11. The first-order valence-corrected chi connectivity index (χ1v) is 10.0. The van der Waals surface area contributed by atoms with Crippen molar-refractivity contribution in [2.75, 3.05) is 10.6 Å². The third-order valence-corrected chi connectivity index (χ3v) is 5.26. The summed E-state index contributed by atoms with van der Waals surface area (Å²) < 4.78 is 40.1. The Morgan fingerprint density at radius 3 is 2.48 bits per heavy atom. The van der Waals surface area contributed by atoms with Gasteiger partial charge in [0.25, 0.3) is 0 Å². The molecule has 1 aliphatic carbocycles. The lowest BCUT2D eigenvalue weighted by molar-refractivity contribution is -0.137. The summed E-state index contributed by atoms with van der Waals surface area (Å²) in [5, 5.41) is 15.7. The predicted octanol–water partition coefficient (Wildman–Crippen LogP) is 4.49. The van der Waals surface area contributed by atoms with Crippen molar-refractivity contribution in [1.82, 2.24) is 15.0 Å². The van der Waals surface area contributed by atoms with Crippen LogP contribution in [0.15, 0.2) is 54.9 Å². The normalized spacial score (nSPS) is 18.7. The summed E-state index contributed by atoms with van der Waals surface area (Å²) in [5.74, 6) is -0.238. The summed E-state index contributed by atoms with van der Waals surface area (Å²) in [6.45, 7) is 0.347. The molecule has 2 aromatic heterocycles. The van der Waals surface area contributed by atoms with Gasteiger partial charge >= 0.3 is 6.18 Å². The standard InChI is InChI=1S/C22H22F3N5O/c23-22(24,25)16-13-28-21(30-20(16)29-18-5-3-6-19(18)31)27-12-14-7-9-15(10-8-14)17-4-1-2-11-26-17/h1-2,4,7-11,13,18-19,31H,3,5-6,12H2,(H2,27,28,29,30)/t18-,19-/m0/s1. The molecule has 4 rings (SSSR count). The van der Waals surface area contributed by atoms with E-state index in [0.29, 0.717) is 19.4 Å². The number of nitrogens with one attached hydrogen (secondary N) is 2. The number of halogens is 3. The maximum absolute atomic E-state index is 13.4. The van der Waals surface area contributed by atoms with Crippen LogP contribution in [0.4, 0.5) is 24.9 Å². The van der Waals surface area contributed by atoms with Crippen LogP contribution in [0.1, 0.15) is 30.4 Å². The number of rotatable bonds is 6. The Balaban J connectivity index is 1.47. The van der Waals surface area contributed by atoms with Crippen LogP contribution in [0.2, 0.25) is 0 Å². The Morgan fingerprint density at radius 2 is 1.84 bits per heavy atom. The predicted molar refractivity (Wildman–Crippen MR) is 111 cm³/mol. The molecular weight excluding hydrogens is 407 g/mol. The fraction of sp³-hybridized carbons (Fsp3) is 0.318. The first-order chi connectivity index (χ1) is 14.9. The van der Waals surface area contributed by atoms with E-state index in [0.717, 1.165) is 29.4 Å². The SMILES string of the molecule is O[C@H]1CCC[C@@H]1Nc1nc(NCc2ccc(-c3ccccn3)cc2)ncc1C(F)(F)F. The highest BCUT2D eigenvalue weighted by Gasteiger charge is 2.37. The minimum Gasteiger partial charge on any atom is -0.391 e. The van der Waals surface area contributed by atoms with Gasteiger partial charge in [0, 0.05) is 24.5 Å². The van der Waals surface area contributed by atoms with E-state index < -0.39 is 23.9 Å². The summed E-state index contributed by atoms with van der Waals surface area (Å²) in [5.41, 5.74) is 1.80. The largest absolute Gasteiger partial charge is 0.421 e. The molecule has 31 heavy (non-hydrogen) atoms. The number of anilines is 2. The lowest BCUT2D eigenvalue weighted by Crippen LogP contribution is -2.30. The monoisotopic (exact) mass is 429 g/mol. The molecule has 9 heteroatoms. The quantitative estimate of drug-likeness (QED) is 0.535. The number of hydrogen-bond acceptors (Lipinski definition) is 6. The topological polar surface area (TPSA) is 83.0 Å². The van der Waals surface area contributed by atoms with Gasteiger partial charge in [0.05, 0.1) is 17.8 Å². The van der Waals surface area contributed by atoms with Crippen molar-refractivity contribution in [3.63, 3.8) is 0 Å². The fourth-order valence-electron chi connectivity index (χ4n) is 3.58. The van der Waals surface area contributed by atoms with Crippen molar-refractivity contribution in [2.45, 2.75) is 44.1 Å². The number of hydrogen-bond donors (Lipinski definition) is 3. The average molecular weight is 429 g/mol. The van der Waals surface area contributed by atoms with E-state index in [1.807, 2.05) is 42.5 Å². The molecule has 1 aliphatic rings. The van der Waals surface area contributed by atoms with Crippen molar-refractivity contribution in [3.05, 3.63) is 66.0 Å². The van der Waals surface area contributed by atoms with Gasteiger partial charge in [0.1, 0.15) is 11.4 Å². The lowest BCUT2D eigenvalue weighted by Gasteiger charge is -2.20. The molecule has 2 atom stereocenters. The first-order valence-electron chi connectivity index (χ1n) is 10.0. The van der Waals surface area contributed by atoms with Crippen LogP contribution in [0.3, 0.4) is 0 Å². The zero-order chi connectivity index (χ0) is 21.8. The first kappa shape index (κ1) is 21.0. The summed E-state index contributed by atoms with van der Waals surface area (Å²) in [4.78, 5) is 12.2. The van der Waals surface area contributed by atoms with Crippen molar-refractivity contribution in [1.29, 1.82) is 0 Å². The van der Waals surface area contributed by atoms with Crippen molar-refractivity contribution in [3.8, 4) is 11.3 Å². The molecule has 0 amide bonds. The van der Waals surface area contributed by atoms with Crippen LogP contribution in [0.25, 0.3) is 11.3 Å². The number of aliphatic hydroxyl groups is 1. The van der Waals surface area contributed by atoms with Gasteiger partial charge in [0.15, 0.2) is 0 Å². The van der Waals surface area contributed by atoms with E-state index in [-0.39, 0.29) is 11.8 Å². The third-order valence-electron chi connectivity index (χ3n) is 5.26. The molecule has 0 radical (unpaired) electrons. The summed E-state index contributed by atoms with van der Waals surface area (Å²) >= 11 is 0. The zero-order valence-electron chi connectivity index (χ0n) is 16.6. The number of pyridine rings is 1. The molecule has 0 spiro atoms. The zero-order valence-corrected chi connectivity index (χ0v) is 16.6. The Morgan fingerprint density at radius 1 is 1.03 bits per heavy atom. The highest BCUT2D eigenvalue weighted by atomic mass is 19.4. The summed E-state index contributed by atoms with van der Waals surface area (Å²) in [7, 11) is 0. The van der Waals surface area contributed by atoms with Crippen molar-refractivity contribution in [2.24, 2.45) is 0 Å². The summed E-state index contributed by atoms with van der Waals surface area (Å²) in [6.07, 6.45) is -0.884. The molecule has 162 valence electrons. The Labute approximate surface area is 177 Å². The maximum atomic E-state index is 13.4. The van der Waals surface area contributed by atoms with E-state index >= 15 is 0 Å². The van der Waals surface area contributed by atoms with Gasteiger partial charge in [-0.25, -0.2) is 4.98 Å². The maximum Gasteiger partial charge on any atom is 0.421 e. The Bertz CT molecular complexity index is 1010. The molecule has 6 nitrogen and oxygen atoms in total. The van der Waals surface area contributed by atoms with Gasteiger partial charge in [-0.3, -0.25) is 4.98 Å². The molecule has 0 bridgehead atoms. The van der Waals surface area contributed by atoms with E-state index in [1.165, 1.54) is 0 Å². The second-order valence-corrected chi connectivity index (χ2v) is 7.47. The average Bonchev–Trinajstić information content (AvgIpc) is 3.17. The highest BCUT2D eigenvalue weighted by molar-refractivity contribution is 5.59. The van der Waals surface area contributed by atoms with Gasteiger partial charge in [-0.15, -0.1) is 0 Å². The van der Waals surface area contributed by atoms with Crippen LogP contribution in [0, 0.1) is 0 Å². The number of alkyl halides is 3. The van der Waals surface area contributed by atoms with Crippen molar-refractivity contribution >= 4 is 11.8 Å². The fourth-order valence-corrected chi connectivity index (χ4v) is 3.58. The Hall–Kier alpha value is -3.20. The molecule has 1 fully saturated rings. The number of nitrogens with zero attached hydrogens (tertiary/aromatic N) is 3. The minimum atomic E-state index is -4.59. The Kier molecular flexibility index (Phi) is 6.03. The second-order valence-electron chi connectivity index (χ2n) is 7.47. The van der Waals surface area contributed by atoms with Gasteiger partial charge in [0.2, 0.25) is 5.95 Å². The van der Waals surface area contributed by atoms with E-state index in [2.05, 4.69) is 25.6 Å². The summed E-state index contributed by atoms with van der Waals surface area (Å²) in [6, 6.07) is 12.9. The molecule has 0 aliphatic heterocycles. The molecular formula is C22H22F3N5O. The molecule has 3 N–H and O–H groups in total. The van der Waals surface area contributed by atoms with Gasteiger partial charge in [-0.2, -0.15) is 18.2 Å². The highest BCUT2D eigenvalue weighted by Crippen LogP contribution is 2.35. The molecule has 0 unspecified atom stereocenters. The van der Waals surface area contributed by atoms with Crippen LogP contribution >= 0.6 is 0 Å². The van der Waals surface area contributed by atoms with Crippen molar-refractivity contribution < 1.29 is 18.3 Å². The molecule has 1 saturated carbocycles. The van der Waals surface area contributed by atoms with Crippen LogP contribution in [-0.2, 0) is 12.7 Å². The van der Waals surface area contributed by atoms with Crippen LogP contribution in [0.5, 0.6) is 0 Å². The number of benzene rings is 1. The number of aliphatic hydroxyl groups excluding tert-OH is 1. The van der Waals surface area contributed by atoms with Gasteiger partial charge in [-0.1, -0.05) is 30.3 Å². The van der Waals surface area contributed by atoms with E-state index in [9.17, 15) is 18.3 Å². The van der Waals surface area contributed by atoms with E-state index in [1.54, 1.807) is 6.20 Å². The molecule has 0 saturated heterocycles. The van der Waals surface area contributed by atoms with Crippen LogP contribution in [-0.4, -0.2) is 32.2 Å². The molecule has 3 aromatic rings. The number of aromatic nitrogens is 3.